The fourth-order valence-corrected chi connectivity index (χ4v) is 2.42. The van der Waals surface area contributed by atoms with Gasteiger partial charge in [-0.15, -0.1) is 0 Å². The fourth-order valence-electron chi connectivity index (χ4n) is 1.94. The van der Waals surface area contributed by atoms with Gasteiger partial charge in [0.25, 0.3) is 0 Å². The largest absolute Gasteiger partial charge is 0.465 e. The predicted molar refractivity (Wildman–Crippen MR) is 72.7 cm³/mol. The number of aryl methyl sites for hydroxylation is 1. The van der Waals surface area contributed by atoms with Gasteiger partial charge in [0.2, 0.25) is 0 Å². The van der Waals surface area contributed by atoms with Gasteiger partial charge in [-0.2, -0.15) is 0 Å². The molecule has 0 aliphatic rings. The number of nitrogens with one attached hydrogen (secondary N) is 1. The second-order valence-corrected chi connectivity index (χ2v) is 4.95. The maximum absolute atomic E-state index is 11.7. The third-order valence-electron chi connectivity index (χ3n) is 2.76. The number of rotatable bonds is 4. The summed E-state index contributed by atoms with van der Waals surface area (Å²) in [7, 11) is 1.37. The number of aliphatic hydroxyl groups is 1. The van der Waals surface area contributed by atoms with Crippen molar-refractivity contribution in [2.45, 2.75) is 12.8 Å². The lowest BCUT2D eigenvalue weighted by molar-refractivity contribution is 0.0602. The number of hydrogen-bond acceptors (Lipinski definition) is 3. The molecule has 0 saturated heterocycles. The predicted octanol–water partition coefficient (Wildman–Crippen LogP) is 2.64. The Bertz CT molecular complexity index is 577. The number of esters is 1. The van der Waals surface area contributed by atoms with Crippen LogP contribution in [0.25, 0.3) is 10.9 Å². The van der Waals surface area contributed by atoms with E-state index in [4.69, 9.17) is 9.84 Å². The van der Waals surface area contributed by atoms with E-state index >= 15 is 0 Å². The number of methoxy groups -OCH3 is 1. The second-order valence-electron chi connectivity index (χ2n) is 4.03. The van der Waals surface area contributed by atoms with Crippen molar-refractivity contribution in [1.82, 2.24) is 4.98 Å². The number of aromatic amines is 1. The van der Waals surface area contributed by atoms with Gasteiger partial charge in [-0.1, -0.05) is 15.9 Å². The molecule has 0 fully saturated rings. The molecule has 2 N–H and O–H groups in total. The van der Waals surface area contributed by atoms with Crippen molar-refractivity contribution in [3.63, 3.8) is 0 Å². The summed E-state index contributed by atoms with van der Waals surface area (Å²) in [5.74, 6) is -0.364. The van der Waals surface area contributed by atoms with Crippen LogP contribution in [-0.2, 0) is 11.2 Å². The number of aromatic nitrogens is 1. The summed E-state index contributed by atoms with van der Waals surface area (Å²) in [6.45, 7) is 0.156. The Balaban J connectivity index is 2.49. The van der Waals surface area contributed by atoms with Gasteiger partial charge >= 0.3 is 5.97 Å². The number of ether oxygens (including phenoxy) is 1. The van der Waals surface area contributed by atoms with E-state index in [1.165, 1.54) is 7.11 Å². The molecular formula is C13H14BrNO3. The molecule has 96 valence electrons. The van der Waals surface area contributed by atoms with Crippen molar-refractivity contribution in [3.05, 3.63) is 33.9 Å². The highest BCUT2D eigenvalue weighted by molar-refractivity contribution is 9.10. The number of fused-ring (bicyclic) bond motifs is 1. The van der Waals surface area contributed by atoms with Gasteiger partial charge in [0.15, 0.2) is 0 Å². The minimum Gasteiger partial charge on any atom is -0.465 e. The Labute approximate surface area is 113 Å². The Morgan fingerprint density at radius 3 is 2.89 bits per heavy atom. The number of benzene rings is 1. The zero-order valence-electron chi connectivity index (χ0n) is 10.00. The average Bonchev–Trinajstić information content (AvgIpc) is 2.76. The van der Waals surface area contributed by atoms with Gasteiger partial charge < -0.3 is 14.8 Å². The molecule has 0 bridgehead atoms. The first kappa shape index (κ1) is 13.1. The minimum atomic E-state index is -0.364. The first-order valence-corrected chi connectivity index (χ1v) is 6.45. The second kappa shape index (κ2) is 5.54. The van der Waals surface area contributed by atoms with Crippen LogP contribution in [0.3, 0.4) is 0 Å². The first-order valence-electron chi connectivity index (χ1n) is 5.66. The lowest BCUT2D eigenvalue weighted by atomic mass is 10.1. The molecule has 1 heterocycles. The molecule has 0 radical (unpaired) electrons. The van der Waals surface area contributed by atoms with E-state index in [0.717, 1.165) is 27.5 Å². The van der Waals surface area contributed by atoms with Crippen molar-refractivity contribution >= 4 is 32.8 Å². The number of H-pyrrole nitrogens is 1. The van der Waals surface area contributed by atoms with Crippen LogP contribution >= 0.6 is 15.9 Å². The molecule has 2 rings (SSSR count). The minimum absolute atomic E-state index is 0.156. The van der Waals surface area contributed by atoms with Gasteiger partial charge in [0.1, 0.15) is 0 Å². The molecule has 2 aromatic rings. The summed E-state index contributed by atoms with van der Waals surface area (Å²) in [6, 6.07) is 5.67. The molecule has 0 spiro atoms. The molecule has 18 heavy (non-hydrogen) atoms. The summed E-state index contributed by atoms with van der Waals surface area (Å²) in [4.78, 5) is 14.9. The van der Waals surface area contributed by atoms with E-state index in [1.807, 2.05) is 12.1 Å². The summed E-state index contributed by atoms with van der Waals surface area (Å²) < 4.78 is 5.61. The molecule has 1 aromatic heterocycles. The molecule has 0 unspecified atom stereocenters. The normalized spacial score (nSPS) is 10.8. The third-order valence-corrected chi connectivity index (χ3v) is 3.22. The maximum atomic E-state index is 11.7. The van der Waals surface area contributed by atoms with Crippen LogP contribution in [-0.4, -0.2) is 29.8 Å². The Morgan fingerprint density at radius 2 is 2.22 bits per heavy atom. The third kappa shape index (κ3) is 2.57. The molecule has 0 saturated carbocycles. The monoisotopic (exact) mass is 311 g/mol. The standard InChI is InChI=1S/C13H14BrNO3/c1-18-13(17)11-7-9(14)5-8-6-10(3-2-4-16)15-12(8)11/h5-7,15-16H,2-4H2,1H3. The number of carbonyl (C=O) groups excluding carboxylic acids is 1. The number of hydrogen-bond donors (Lipinski definition) is 2. The number of halogens is 1. The fraction of sp³-hybridized carbons (Fsp3) is 0.308. The SMILES string of the molecule is COC(=O)c1cc(Br)cc2cc(CCCO)[nH]c12. The number of aliphatic hydroxyl groups excluding tert-OH is 1. The molecule has 0 atom stereocenters. The van der Waals surface area contributed by atoms with Gasteiger partial charge in [-0.3, -0.25) is 0 Å². The van der Waals surface area contributed by atoms with E-state index < -0.39 is 0 Å². The van der Waals surface area contributed by atoms with Gasteiger partial charge in [0.05, 0.1) is 18.2 Å². The van der Waals surface area contributed by atoms with Crippen molar-refractivity contribution in [2.75, 3.05) is 13.7 Å². The highest BCUT2D eigenvalue weighted by atomic mass is 79.9. The van der Waals surface area contributed by atoms with Gasteiger partial charge in [-0.25, -0.2) is 4.79 Å². The van der Waals surface area contributed by atoms with E-state index in [9.17, 15) is 4.79 Å². The van der Waals surface area contributed by atoms with Crippen LogP contribution in [0, 0.1) is 0 Å². The lowest BCUT2D eigenvalue weighted by Gasteiger charge is -2.02. The first-order chi connectivity index (χ1) is 8.65. The van der Waals surface area contributed by atoms with E-state index in [0.29, 0.717) is 12.0 Å². The van der Waals surface area contributed by atoms with Crippen LogP contribution in [0.15, 0.2) is 22.7 Å². The zero-order chi connectivity index (χ0) is 13.1. The van der Waals surface area contributed by atoms with Gasteiger partial charge in [0, 0.05) is 22.2 Å². The number of carbonyl (C=O) groups is 1. The van der Waals surface area contributed by atoms with Crippen LogP contribution in [0.5, 0.6) is 0 Å². The highest BCUT2D eigenvalue weighted by Crippen LogP contribution is 2.26. The van der Waals surface area contributed by atoms with E-state index in [2.05, 4.69) is 20.9 Å². The Kier molecular flexibility index (Phi) is 4.04. The van der Waals surface area contributed by atoms with Crippen LogP contribution in [0.4, 0.5) is 0 Å². The van der Waals surface area contributed by atoms with E-state index in [1.54, 1.807) is 6.07 Å². The summed E-state index contributed by atoms with van der Waals surface area (Å²) in [5.41, 5.74) is 2.29. The smallest absolute Gasteiger partial charge is 0.340 e. The summed E-state index contributed by atoms with van der Waals surface area (Å²) in [5, 5.41) is 9.79. The summed E-state index contributed by atoms with van der Waals surface area (Å²) >= 11 is 3.38. The van der Waals surface area contributed by atoms with Crippen molar-refractivity contribution < 1.29 is 14.6 Å². The molecule has 5 heteroatoms. The van der Waals surface area contributed by atoms with E-state index in [-0.39, 0.29) is 12.6 Å². The Hall–Kier alpha value is -1.33. The van der Waals surface area contributed by atoms with Crippen LogP contribution in [0.1, 0.15) is 22.5 Å². The van der Waals surface area contributed by atoms with Crippen LogP contribution < -0.4 is 0 Å². The van der Waals surface area contributed by atoms with Crippen molar-refractivity contribution in [1.29, 1.82) is 0 Å². The molecule has 0 aliphatic heterocycles. The molecule has 4 nitrogen and oxygen atoms in total. The quantitative estimate of drug-likeness (QED) is 0.853. The van der Waals surface area contributed by atoms with Crippen molar-refractivity contribution in [3.8, 4) is 0 Å². The molecular weight excluding hydrogens is 298 g/mol. The maximum Gasteiger partial charge on any atom is 0.340 e. The van der Waals surface area contributed by atoms with Crippen molar-refractivity contribution in [2.24, 2.45) is 0 Å². The lowest BCUT2D eigenvalue weighted by Crippen LogP contribution is -2.02. The molecule has 0 aliphatic carbocycles. The zero-order valence-corrected chi connectivity index (χ0v) is 11.6. The van der Waals surface area contributed by atoms with Gasteiger partial charge in [-0.05, 0) is 31.0 Å². The summed E-state index contributed by atoms with van der Waals surface area (Å²) in [6.07, 6.45) is 1.45. The van der Waals surface area contributed by atoms with Crippen LogP contribution in [0.2, 0.25) is 0 Å². The topological polar surface area (TPSA) is 62.3 Å². The average molecular weight is 312 g/mol. The highest BCUT2D eigenvalue weighted by Gasteiger charge is 2.14. The molecule has 0 amide bonds. The molecule has 1 aromatic carbocycles. The Morgan fingerprint density at radius 1 is 1.44 bits per heavy atom.